The van der Waals surface area contributed by atoms with Gasteiger partial charge in [0.1, 0.15) is 30.5 Å². The molecule has 96 valence electrons. The Morgan fingerprint density at radius 2 is 1.25 bits per heavy atom. The molecule has 0 aromatic rings. The van der Waals surface area contributed by atoms with E-state index < -0.39 is 49.5 Å². The summed E-state index contributed by atoms with van der Waals surface area (Å²) in [5.41, 5.74) is 0. The first-order valence-corrected chi connectivity index (χ1v) is 4.52. The molecule has 5 unspecified atom stereocenters. The average molecular weight is 240 g/mol. The lowest BCUT2D eigenvalue weighted by atomic mass is 9.98. The molecule has 0 bridgehead atoms. The van der Waals surface area contributed by atoms with Gasteiger partial charge in [-0.05, 0) is 0 Å². The van der Waals surface area contributed by atoms with E-state index in [0.29, 0.717) is 0 Å². The SMILES string of the molecule is O=C(C(O)C(O)CO)C(O)C(O)C(O)CO. The molecular weight excluding hydrogens is 224 g/mol. The van der Waals surface area contributed by atoms with Gasteiger partial charge in [-0.1, -0.05) is 0 Å². The third-order valence-electron chi connectivity index (χ3n) is 2.04. The van der Waals surface area contributed by atoms with Crippen LogP contribution in [0.5, 0.6) is 0 Å². The molecule has 0 fully saturated rings. The van der Waals surface area contributed by atoms with E-state index in [0.717, 1.165) is 0 Å². The third-order valence-corrected chi connectivity index (χ3v) is 2.04. The predicted molar refractivity (Wildman–Crippen MR) is 49.2 cm³/mol. The second-order valence-electron chi connectivity index (χ2n) is 3.28. The van der Waals surface area contributed by atoms with E-state index in [9.17, 15) is 9.90 Å². The summed E-state index contributed by atoms with van der Waals surface area (Å²) >= 11 is 0. The molecule has 0 heterocycles. The maximum absolute atomic E-state index is 11.2. The summed E-state index contributed by atoms with van der Waals surface area (Å²) in [4.78, 5) is 11.2. The monoisotopic (exact) mass is 240 g/mol. The van der Waals surface area contributed by atoms with Crippen molar-refractivity contribution < 1.29 is 40.5 Å². The summed E-state index contributed by atoms with van der Waals surface area (Å²) in [6.07, 6.45) is -9.78. The lowest BCUT2D eigenvalue weighted by molar-refractivity contribution is -0.155. The first kappa shape index (κ1) is 15.4. The van der Waals surface area contributed by atoms with Crippen molar-refractivity contribution >= 4 is 5.78 Å². The van der Waals surface area contributed by atoms with Crippen molar-refractivity contribution in [3.05, 3.63) is 0 Å². The van der Waals surface area contributed by atoms with E-state index in [1.54, 1.807) is 0 Å². The van der Waals surface area contributed by atoms with Crippen molar-refractivity contribution in [3.63, 3.8) is 0 Å². The van der Waals surface area contributed by atoms with Crippen LogP contribution in [0, 0.1) is 0 Å². The fraction of sp³-hybridized carbons (Fsp3) is 0.875. The number of rotatable bonds is 7. The minimum absolute atomic E-state index is 0.885. The van der Waals surface area contributed by atoms with Crippen LogP contribution < -0.4 is 0 Å². The molecule has 0 aliphatic carbocycles. The van der Waals surface area contributed by atoms with Gasteiger partial charge in [-0.2, -0.15) is 0 Å². The maximum Gasteiger partial charge on any atom is 0.195 e. The van der Waals surface area contributed by atoms with Gasteiger partial charge in [0.15, 0.2) is 5.78 Å². The van der Waals surface area contributed by atoms with Crippen LogP contribution in [-0.2, 0) is 4.79 Å². The Balaban J connectivity index is 4.48. The molecule has 8 nitrogen and oxygen atoms in total. The maximum atomic E-state index is 11.2. The van der Waals surface area contributed by atoms with Crippen LogP contribution in [0.2, 0.25) is 0 Å². The van der Waals surface area contributed by atoms with Crippen molar-refractivity contribution in [1.29, 1.82) is 0 Å². The minimum Gasteiger partial charge on any atom is -0.394 e. The second-order valence-corrected chi connectivity index (χ2v) is 3.28. The molecular formula is C8H16O8. The zero-order valence-electron chi connectivity index (χ0n) is 8.34. The van der Waals surface area contributed by atoms with Gasteiger partial charge in [-0.3, -0.25) is 4.79 Å². The van der Waals surface area contributed by atoms with Crippen LogP contribution in [0.25, 0.3) is 0 Å². The topological polar surface area (TPSA) is 159 Å². The predicted octanol–water partition coefficient (Wildman–Crippen LogP) is -4.66. The number of Topliss-reactive ketones (excluding diaryl/α,β-unsaturated/α-hetero) is 1. The van der Waals surface area contributed by atoms with E-state index in [-0.39, 0.29) is 0 Å². The molecule has 5 atom stereocenters. The van der Waals surface area contributed by atoms with Gasteiger partial charge in [-0.15, -0.1) is 0 Å². The zero-order valence-corrected chi connectivity index (χ0v) is 8.34. The molecule has 0 aliphatic heterocycles. The number of carbonyl (C=O) groups excluding carboxylic acids is 1. The fourth-order valence-corrected chi connectivity index (χ4v) is 0.951. The molecule has 0 aromatic carbocycles. The van der Waals surface area contributed by atoms with Crippen molar-refractivity contribution in [1.82, 2.24) is 0 Å². The third kappa shape index (κ3) is 3.76. The molecule has 0 saturated heterocycles. The molecule has 16 heavy (non-hydrogen) atoms. The number of hydrogen-bond acceptors (Lipinski definition) is 8. The first-order chi connectivity index (χ1) is 7.36. The average Bonchev–Trinajstić information content (AvgIpc) is 2.32. The van der Waals surface area contributed by atoms with Gasteiger partial charge in [-0.25, -0.2) is 0 Å². The van der Waals surface area contributed by atoms with E-state index in [4.69, 9.17) is 30.6 Å². The highest BCUT2D eigenvalue weighted by Crippen LogP contribution is 2.06. The van der Waals surface area contributed by atoms with Crippen LogP contribution in [0.1, 0.15) is 0 Å². The fourth-order valence-electron chi connectivity index (χ4n) is 0.951. The van der Waals surface area contributed by atoms with Crippen molar-refractivity contribution in [3.8, 4) is 0 Å². The van der Waals surface area contributed by atoms with Gasteiger partial charge in [0.05, 0.1) is 13.2 Å². The smallest absolute Gasteiger partial charge is 0.195 e. The first-order valence-electron chi connectivity index (χ1n) is 4.52. The highest BCUT2D eigenvalue weighted by molar-refractivity contribution is 5.88. The summed E-state index contributed by atoms with van der Waals surface area (Å²) in [5, 5.41) is 62.1. The summed E-state index contributed by atoms with van der Waals surface area (Å²) in [6, 6.07) is 0. The van der Waals surface area contributed by atoms with Crippen LogP contribution in [0.3, 0.4) is 0 Å². The lowest BCUT2D eigenvalue weighted by Gasteiger charge is -2.23. The van der Waals surface area contributed by atoms with Gasteiger partial charge < -0.3 is 35.7 Å². The Labute approximate surface area is 91.0 Å². The summed E-state index contributed by atoms with van der Waals surface area (Å²) in [7, 11) is 0. The highest BCUT2D eigenvalue weighted by Gasteiger charge is 2.36. The molecule has 0 radical (unpaired) electrons. The molecule has 7 N–H and O–H groups in total. The largest absolute Gasteiger partial charge is 0.394 e. The van der Waals surface area contributed by atoms with Crippen LogP contribution >= 0.6 is 0 Å². The molecule has 0 aliphatic rings. The highest BCUT2D eigenvalue weighted by atomic mass is 16.4. The van der Waals surface area contributed by atoms with Gasteiger partial charge in [0.25, 0.3) is 0 Å². The van der Waals surface area contributed by atoms with Gasteiger partial charge in [0.2, 0.25) is 0 Å². The minimum atomic E-state index is -2.17. The molecule has 0 aromatic heterocycles. The normalized spacial score (nSPS) is 20.9. The summed E-state index contributed by atoms with van der Waals surface area (Å²) in [6.45, 7) is -1.79. The molecule has 8 heteroatoms. The zero-order chi connectivity index (χ0) is 12.9. The van der Waals surface area contributed by atoms with Crippen LogP contribution in [-0.4, -0.2) is 85.3 Å². The standard InChI is InChI=1S/C8H16O8/c9-1-3(11)5(13)7(15)8(16)6(14)4(12)2-10/h3-7,9-15H,1-2H2. The second kappa shape index (κ2) is 6.86. The molecule has 0 amide bonds. The molecule has 0 spiro atoms. The number of aliphatic hydroxyl groups is 7. The van der Waals surface area contributed by atoms with Crippen LogP contribution in [0.4, 0.5) is 0 Å². The van der Waals surface area contributed by atoms with Gasteiger partial charge >= 0.3 is 0 Å². The van der Waals surface area contributed by atoms with E-state index in [2.05, 4.69) is 0 Å². The van der Waals surface area contributed by atoms with Crippen molar-refractivity contribution in [2.24, 2.45) is 0 Å². The Morgan fingerprint density at radius 3 is 1.62 bits per heavy atom. The Kier molecular flexibility index (Phi) is 6.60. The van der Waals surface area contributed by atoms with E-state index in [1.807, 2.05) is 0 Å². The van der Waals surface area contributed by atoms with Crippen molar-refractivity contribution in [2.45, 2.75) is 30.5 Å². The number of hydrogen-bond donors (Lipinski definition) is 7. The summed E-state index contributed by atoms with van der Waals surface area (Å²) in [5.74, 6) is -1.36. The van der Waals surface area contributed by atoms with E-state index >= 15 is 0 Å². The molecule has 0 rings (SSSR count). The molecule has 0 saturated carbocycles. The van der Waals surface area contributed by atoms with Gasteiger partial charge in [0, 0.05) is 0 Å². The Morgan fingerprint density at radius 1 is 0.812 bits per heavy atom. The number of carbonyl (C=O) groups is 1. The van der Waals surface area contributed by atoms with E-state index in [1.165, 1.54) is 0 Å². The summed E-state index contributed by atoms with van der Waals surface area (Å²) < 4.78 is 0. The number of aliphatic hydroxyl groups excluding tert-OH is 7. The lowest BCUT2D eigenvalue weighted by Crippen LogP contribution is -2.50. The Hall–Kier alpha value is -0.610. The van der Waals surface area contributed by atoms with Crippen molar-refractivity contribution in [2.75, 3.05) is 13.2 Å². The quantitative estimate of drug-likeness (QED) is 0.234. The number of ketones is 1. The van der Waals surface area contributed by atoms with Crippen LogP contribution in [0.15, 0.2) is 0 Å². The Bertz CT molecular complexity index is 220.